The number of aliphatic imine (C=N–C) groups is 1. The van der Waals surface area contributed by atoms with E-state index in [4.69, 9.17) is 9.41 Å². The molecule has 10 rings (SSSR count). The molecule has 270 valence electrons. The van der Waals surface area contributed by atoms with Gasteiger partial charge in [0.1, 0.15) is 11.2 Å². The second-order valence-corrected chi connectivity index (χ2v) is 14.5. The first-order valence-corrected chi connectivity index (χ1v) is 19.3. The van der Waals surface area contributed by atoms with Gasteiger partial charge in [-0.2, -0.15) is 0 Å². The summed E-state index contributed by atoms with van der Waals surface area (Å²) in [6.07, 6.45) is 2.15. The van der Waals surface area contributed by atoms with Crippen molar-refractivity contribution in [2.45, 2.75) is 6.92 Å². The van der Waals surface area contributed by atoms with E-state index in [1.54, 1.807) is 0 Å². The van der Waals surface area contributed by atoms with E-state index in [2.05, 4.69) is 194 Å². The lowest BCUT2D eigenvalue weighted by Crippen LogP contribution is -1.99. The minimum Gasteiger partial charge on any atom is -0.456 e. The van der Waals surface area contributed by atoms with Crippen molar-refractivity contribution in [3.05, 3.63) is 223 Å². The Labute approximate surface area is 331 Å². The minimum atomic E-state index is 0.698. The van der Waals surface area contributed by atoms with Gasteiger partial charge in [0.25, 0.3) is 0 Å². The predicted octanol–water partition coefficient (Wildman–Crippen LogP) is 14.6. The Kier molecular flexibility index (Phi) is 8.54. The first-order valence-electron chi connectivity index (χ1n) is 19.3. The molecule has 10 aromatic rings. The molecule has 0 radical (unpaired) electrons. The van der Waals surface area contributed by atoms with E-state index in [1.807, 2.05) is 24.3 Å². The predicted molar refractivity (Wildman–Crippen MR) is 241 cm³/mol. The number of hydrogen-bond donors (Lipinski definition) is 0. The van der Waals surface area contributed by atoms with Crippen LogP contribution in [-0.4, -0.2) is 10.3 Å². The van der Waals surface area contributed by atoms with Crippen LogP contribution in [0.5, 0.6) is 0 Å². The average molecular weight is 731 g/mol. The highest BCUT2D eigenvalue weighted by Gasteiger charge is 2.17. The number of para-hydroxylation sites is 2. The molecule has 3 heteroatoms. The maximum absolute atomic E-state index is 6.49. The van der Waals surface area contributed by atoms with E-state index < -0.39 is 0 Å². The highest BCUT2D eigenvalue weighted by Crippen LogP contribution is 2.40. The third kappa shape index (κ3) is 6.26. The molecule has 0 saturated heterocycles. The normalized spacial score (nSPS) is 12.2. The zero-order chi connectivity index (χ0) is 38.3. The molecule has 8 aromatic carbocycles. The van der Waals surface area contributed by atoms with E-state index in [0.29, 0.717) is 5.70 Å². The second-order valence-electron chi connectivity index (χ2n) is 14.5. The van der Waals surface area contributed by atoms with Gasteiger partial charge in [-0.25, -0.2) is 4.99 Å². The Bertz CT molecular complexity index is 3180. The van der Waals surface area contributed by atoms with Gasteiger partial charge in [-0.15, -0.1) is 0 Å². The number of furan rings is 1. The van der Waals surface area contributed by atoms with Gasteiger partial charge in [-0.05, 0) is 101 Å². The van der Waals surface area contributed by atoms with Crippen LogP contribution in [0.4, 0.5) is 0 Å². The quantitative estimate of drug-likeness (QED) is 0.143. The van der Waals surface area contributed by atoms with Crippen LogP contribution in [-0.2, 0) is 0 Å². The van der Waals surface area contributed by atoms with Crippen LogP contribution >= 0.6 is 0 Å². The first-order chi connectivity index (χ1) is 28.1. The number of benzene rings is 8. The van der Waals surface area contributed by atoms with Crippen LogP contribution in [0.2, 0.25) is 0 Å². The molecule has 0 N–H and O–H groups in total. The van der Waals surface area contributed by atoms with Gasteiger partial charge < -0.3 is 8.98 Å². The summed E-state index contributed by atoms with van der Waals surface area (Å²) in [4.78, 5) is 5.15. The highest BCUT2D eigenvalue weighted by atomic mass is 16.3. The molecule has 2 aromatic heterocycles. The fourth-order valence-electron chi connectivity index (χ4n) is 8.11. The lowest BCUT2D eigenvalue weighted by atomic mass is 9.95. The molecule has 2 heterocycles. The molecule has 3 nitrogen and oxygen atoms in total. The molecule has 0 spiro atoms. The summed E-state index contributed by atoms with van der Waals surface area (Å²) in [5.41, 5.74) is 15.6. The average Bonchev–Trinajstić information content (AvgIpc) is 3.82. The number of fused-ring (bicyclic) bond motifs is 6. The third-order valence-electron chi connectivity index (χ3n) is 10.9. The van der Waals surface area contributed by atoms with Crippen LogP contribution < -0.4 is 0 Å². The number of hydrogen-bond acceptors (Lipinski definition) is 2. The number of rotatable bonds is 8. The summed E-state index contributed by atoms with van der Waals surface area (Å²) >= 11 is 0. The van der Waals surface area contributed by atoms with Gasteiger partial charge in [0.2, 0.25) is 0 Å². The molecule has 0 aliphatic rings. The summed E-state index contributed by atoms with van der Waals surface area (Å²) < 4.78 is 8.84. The lowest BCUT2D eigenvalue weighted by molar-refractivity contribution is 0.669. The van der Waals surface area contributed by atoms with E-state index in [0.717, 1.165) is 77.9 Å². The third-order valence-corrected chi connectivity index (χ3v) is 10.9. The molecular formula is C54H38N2O. The Morgan fingerprint density at radius 3 is 1.93 bits per heavy atom. The van der Waals surface area contributed by atoms with Gasteiger partial charge in [0.15, 0.2) is 0 Å². The van der Waals surface area contributed by atoms with E-state index in [9.17, 15) is 0 Å². The van der Waals surface area contributed by atoms with E-state index >= 15 is 0 Å². The molecular weight excluding hydrogens is 693 g/mol. The van der Waals surface area contributed by atoms with Crippen molar-refractivity contribution in [2.24, 2.45) is 4.99 Å². The van der Waals surface area contributed by atoms with Crippen molar-refractivity contribution in [1.82, 2.24) is 4.57 Å². The van der Waals surface area contributed by atoms with Crippen LogP contribution in [0.25, 0.3) is 83.0 Å². The minimum absolute atomic E-state index is 0.698. The second kappa shape index (κ2) is 14.3. The lowest BCUT2D eigenvalue weighted by Gasteiger charge is -2.10. The van der Waals surface area contributed by atoms with Gasteiger partial charge in [0, 0.05) is 38.4 Å². The Balaban J connectivity index is 1.05. The van der Waals surface area contributed by atoms with Gasteiger partial charge in [-0.1, -0.05) is 146 Å². The summed E-state index contributed by atoms with van der Waals surface area (Å²) in [7, 11) is 0. The number of aromatic nitrogens is 1. The van der Waals surface area contributed by atoms with Crippen molar-refractivity contribution in [1.29, 1.82) is 0 Å². The van der Waals surface area contributed by atoms with Gasteiger partial charge >= 0.3 is 0 Å². The van der Waals surface area contributed by atoms with Gasteiger partial charge in [-0.3, -0.25) is 0 Å². The Hall–Kier alpha value is -7.49. The van der Waals surface area contributed by atoms with Crippen molar-refractivity contribution in [2.75, 3.05) is 0 Å². The standard InChI is InChI=1S/C54H38N2O/c1-36(38-16-6-3-7-17-38)32-49(39-18-8-4-9-19-39)55-37(2)40-20-14-21-43(33-40)45-25-15-27-53-54(45)48-35-42(29-31-52(48)57-53)41-28-30-51-47(34-41)46-24-12-13-26-50(46)56(51)44-22-10-5-11-23-44/h3-35H,2H2,1H3/b36-32+,55-49+. The fraction of sp³-hybridized carbons (Fsp3) is 0.0185. The molecule has 57 heavy (non-hydrogen) atoms. The fourth-order valence-corrected chi connectivity index (χ4v) is 8.11. The molecule has 0 bridgehead atoms. The molecule has 0 aliphatic carbocycles. The molecule has 0 saturated carbocycles. The first kappa shape index (κ1) is 34.0. The van der Waals surface area contributed by atoms with Crippen LogP contribution in [0, 0.1) is 0 Å². The maximum Gasteiger partial charge on any atom is 0.136 e. The Morgan fingerprint density at radius 2 is 1.14 bits per heavy atom. The summed E-state index contributed by atoms with van der Waals surface area (Å²) in [5, 5.41) is 4.64. The Morgan fingerprint density at radius 1 is 0.509 bits per heavy atom. The zero-order valence-electron chi connectivity index (χ0n) is 31.6. The molecule has 0 fully saturated rings. The van der Waals surface area contributed by atoms with Crippen molar-refractivity contribution in [3.63, 3.8) is 0 Å². The summed E-state index contributed by atoms with van der Waals surface area (Å²) in [6, 6.07) is 68.2. The van der Waals surface area contributed by atoms with Crippen molar-refractivity contribution >= 4 is 60.7 Å². The SMILES string of the molecule is C=C(/N=C(\C=C(/C)c1ccccc1)c1ccccc1)c1cccc(-c2cccc3oc4ccc(-c5ccc6c(c5)c5ccccc5n6-c5ccccc5)cc4c23)c1. The van der Waals surface area contributed by atoms with E-state index in [1.165, 1.54) is 21.8 Å². The van der Waals surface area contributed by atoms with Crippen molar-refractivity contribution < 1.29 is 4.42 Å². The number of nitrogens with zero attached hydrogens (tertiary/aromatic N) is 2. The van der Waals surface area contributed by atoms with Crippen LogP contribution in [0.3, 0.4) is 0 Å². The largest absolute Gasteiger partial charge is 0.456 e. The zero-order valence-corrected chi connectivity index (χ0v) is 31.6. The summed E-state index contributed by atoms with van der Waals surface area (Å²) in [5.74, 6) is 0. The van der Waals surface area contributed by atoms with Crippen LogP contribution in [0.1, 0.15) is 23.6 Å². The summed E-state index contributed by atoms with van der Waals surface area (Å²) in [6.45, 7) is 6.60. The molecule has 0 aliphatic heterocycles. The number of allylic oxidation sites excluding steroid dienone is 2. The highest BCUT2D eigenvalue weighted by molar-refractivity contribution is 6.15. The monoisotopic (exact) mass is 730 g/mol. The maximum atomic E-state index is 6.49. The smallest absolute Gasteiger partial charge is 0.136 e. The molecule has 0 amide bonds. The molecule has 0 atom stereocenters. The topological polar surface area (TPSA) is 30.4 Å². The van der Waals surface area contributed by atoms with Gasteiger partial charge in [0.05, 0.1) is 22.4 Å². The van der Waals surface area contributed by atoms with E-state index in [-0.39, 0.29) is 0 Å². The van der Waals surface area contributed by atoms with Crippen LogP contribution in [0.15, 0.2) is 216 Å². The molecule has 0 unspecified atom stereocenters. The van der Waals surface area contributed by atoms with Crippen molar-refractivity contribution in [3.8, 4) is 27.9 Å².